The van der Waals surface area contributed by atoms with Gasteiger partial charge in [-0.15, -0.1) is 0 Å². The van der Waals surface area contributed by atoms with E-state index in [1.807, 2.05) is 50.2 Å². The van der Waals surface area contributed by atoms with Crippen LogP contribution in [0.15, 0.2) is 70.9 Å². The van der Waals surface area contributed by atoms with Gasteiger partial charge in [-0.25, -0.2) is 0 Å². The Bertz CT molecular complexity index is 1210. The summed E-state index contributed by atoms with van der Waals surface area (Å²) in [5.74, 6) is -0.412. The molecule has 0 saturated carbocycles. The van der Waals surface area contributed by atoms with E-state index in [4.69, 9.17) is 9.15 Å². The number of furan rings is 1. The predicted octanol–water partition coefficient (Wildman–Crippen LogP) is 4.28. The molecule has 1 aliphatic heterocycles. The van der Waals surface area contributed by atoms with Gasteiger partial charge in [-0.05, 0) is 60.5 Å². The molecule has 1 N–H and O–H groups in total. The van der Waals surface area contributed by atoms with Crippen molar-refractivity contribution >= 4 is 23.1 Å². The molecular weight excluding hydrogens is 420 g/mol. The van der Waals surface area contributed by atoms with E-state index in [0.717, 1.165) is 16.8 Å². The first-order valence-corrected chi connectivity index (χ1v) is 10.5. The van der Waals surface area contributed by atoms with Gasteiger partial charge < -0.3 is 24.1 Å². The van der Waals surface area contributed by atoms with Crippen LogP contribution >= 0.6 is 0 Å². The number of ketones is 1. The van der Waals surface area contributed by atoms with Crippen LogP contribution in [0.5, 0.6) is 5.75 Å². The molecule has 1 aliphatic rings. The Kier molecular flexibility index (Phi) is 5.96. The minimum absolute atomic E-state index is 0.0497. The Balaban J connectivity index is 1.85. The van der Waals surface area contributed by atoms with E-state index >= 15 is 0 Å². The van der Waals surface area contributed by atoms with E-state index in [-0.39, 0.29) is 17.9 Å². The third-order valence-electron chi connectivity index (χ3n) is 5.84. The second-order valence-electron chi connectivity index (χ2n) is 8.18. The van der Waals surface area contributed by atoms with Gasteiger partial charge >= 0.3 is 0 Å². The predicted molar refractivity (Wildman–Crippen MR) is 125 cm³/mol. The minimum Gasteiger partial charge on any atom is -0.507 e. The van der Waals surface area contributed by atoms with Crippen LogP contribution in [0.3, 0.4) is 0 Å². The molecule has 7 heteroatoms. The third kappa shape index (κ3) is 4.09. The number of carbonyl (C=O) groups excluding carboxylic acids is 2. The van der Waals surface area contributed by atoms with Crippen LogP contribution in [-0.4, -0.2) is 42.9 Å². The minimum atomic E-state index is -0.756. The molecule has 33 heavy (non-hydrogen) atoms. The fourth-order valence-electron chi connectivity index (χ4n) is 4.10. The van der Waals surface area contributed by atoms with Crippen LogP contribution in [0, 0.1) is 6.92 Å². The van der Waals surface area contributed by atoms with Gasteiger partial charge in [-0.1, -0.05) is 12.1 Å². The molecular formula is C26H26N2O5. The van der Waals surface area contributed by atoms with E-state index in [1.54, 1.807) is 37.4 Å². The zero-order valence-corrected chi connectivity index (χ0v) is 19.0. The smallest absolute Gasteiger partial charge is 0.296 e. The van der Waals surface area contributed by atoms with Crippen LogP contribution < -0.4 is 9.64 Å². The summed E-state index contributed by atoms with van der Waals surface area (Å²) in [6.45, 7) is 1.96. The lowest BCUT2D eigenvalue weighted by atomic mass is 9.94. The van der Waals surface area contributed by atoms with Gasteiger partial charge in [0, 0.05) is 25.3 Å². The van der Waals surface area contributed by atoms with Crippen molar-refractivity contribution in [2.75, 3.05) is 26.1 Å². The summed E-state index contributed by atoms with van der Waals surface area (Å²) in [5.41, 5.74) is 3.00. The summed E-state index contributed by atoms with van der Waals surface area (Å²) >= 11 is 0. The van der Waals surface area contributed by atoms with Crippen LogP contribution in [0.1, 0.15) is 28.5 Å². The number of hydrogen-bond donors (Lipinski definition) is 1. The normalized spacial score (nSPS) is 17.5. The van der Waals surface area contributed by atoms with Crippen molar-refractivity contribution in [3.63, 3.8) is 0 Å². The van der Waals surface area contributed by atoms with Gasteiger partial charge in [0.2, 0.25) is 0 Å². The molecule has 1 unspecified atom stereocenters. The molecule has 2 heterocycles. The maximum Gasteiger partial charge on any atom is 0.296 e. The molecule has 170 valence electrons. The average Bonchev–Trinajstić information content (AvgIpc) is 3.41. The molecule has 4 rings (SSSR count). The van der Waals surface area contributed by atoms with Crippen molar-refractivity contribution in [1.82, 2.24) is 4.90 Å². The topological polar surface area (TPSA) is 83.2 Å². The molecule has 2 aromatic carbocycles. The van der Waals surface area contributed by atoms with Crippen LogP contribution in [0.2, 0.25) is 0 Å². The van der Waals surface area contributed by atoms with Crippen LogP contribution in [0.25, 0.3) is 5.76 Å². The summed E-state index contributed by atoms with van der Waals surface area (Å²) in [5, 5.41) is 11.2. The number of carbonyl (C=O) groups is 2. The lowest BCUT2D eigenvalue weighted by molar-refractivity contribution is -0.140. The van der Waals surface area contributed by atoms with Gasteiger partial charge in [0.1, 0.15) is 17.3 Å². The van der Waals surface area contributed by atoms with Gasteiger partial charge in [0.15, 0.2) is 0 Å². The summed E-state index contributed by atoms with van der Waals surface area (Å²) in [4.78, 5) is 29.6. The fraction of sp³-hybridized carbons (Fsp3) is 0.231. The zero-order valence-electron chi connectivity index (χ0n) is 19.0. The Morgan fingerprint density at radius 3 is 2.42 bits per heavy atom. The molecule has 0 aliphatic carbocycles. The van der Waals surface area contributed by atoms with Crippen molar-refractivity contribution in [2.45, 2.75) is 19.5 Å². The first-order valence-electron chi connectivity index (χ1n) is 10.5. The number of hydrogen-bond acceptors (Lipinski definition) is 6. The van der Waals surface area contributed by atoms with E-state index in [9.17, 15) is 14.7 Å². The number of rotatable bonds is 6. The summed E-state index contributed by atoms with van der Waals surface area (Å²) in [6, 6.07) is 15.4. The van der Waals surface area contributed by atoms with Crippen molar-refractivity contribution in [3.05, 3.63) is 88.9 Å². The number of Topliss-reactive ketones (excluding diaryl/α,β-unsaturated/α-hetero) is 1. The number of benzene rings is 2. The Morgan fingerprint density at radius 2 is 1.85 bits per heavy atom. The van der Waals surface area contributed by atoms with E-state index < -0.39 is 17.7 Å². The zero-order chi connectivity index (χ0) is 23.7. The molecule has 0 bridgehead atoms. The number of likely N-dealkylation sites (tertiary alicyclic amines) is 1. The SMILES string of the molecule is COc1ccc(/C(O)=C2/C(=O)C(=O)N(Cc3ccco3)C2c2ccc(N(C)C)cc2)cc1C. The molecule has 1 atom stereocenters. The van der Waals surface area contributed by atoms with Crippen molar-refractivity contribution in [3.8, 4) is 5.75 Å². The largest absolute Gasteiger partial charge is 0.507 e. The average molecular weight is 447 g/mol. The van der Waals surface area contributed by atoms with Crippen LogP contribution in [0.4, 0.5) is 5.69 Å². The number of amides is 1. The maximum absolute atomic E-state index is 13.2. The standard InChI is InChI=1S/C26H26N2O5/c1-16-14-18(9-12-21(16)32-4)24(29)22-23(17-7-10-19(11-8-17)27(2)3)28(26(31)25(22)30)15-20-6-5-13-33-20/h5-14,23,29H,15H2,1-4H3/b24-22-. The fourth-order valence-corrected chi connectivity index (χ4v) is 4.10. The summed E-state index contributed by atoms with van der Waals surface area (Å²) in [6.07, 6.45) is 1.52. The van der Waals surface area contributed by atoms with Gasteiger partial charge in [-0.3, -0.25) is 9.59 Å². The Morgan fingerprint density at radius 1 is 1.12 bits per heavy atom. The monoisotopic (exact) mass is 446 g/mol. The molecule has 0 radical (unpaired) electrons. The van der Waals surface area contributed by atoms with Crippen LogP contribution in [-0.2, 0) is 16.1 Å². The van der Waals surface area contributed by atoms with Gasteiger partial charge in [0.25, 0.3) is 11.7 Å². The molecule has 1 saturated heterocycles. The number of ether oxygens (including phenoxy) is 1. The number of nitrogens with zero attached hydrogens (tertiary/aromatic N) is 2. The highest BCUT2D eigenvalue weighted by molar-refractivity contribution is 6.46. The molecule has 1 amide bonds. The second kappa shape index (κ2) is 8.86. The molecule has 7 nitrogen and oxygen atoms in total. The molecule has 1 aromatic heterocycles. The highest BCUT2D eigenvalue weighted by Gasteiger charge is 2.46. The molecule has 3 aromatic rings. The number of aliphatic hydroxyl groups is 1. The highest BCUT2D eigenvalue weighted by Crippen LogP contribution is 2.41. The number of aliphatic hydroxyl groups excluding tert-OH is 1. The Labute approximate surface area is 192 Å². The van der Waals surface area contributed by atoms with Gasteiger partial charge in [-0.2, -0.15) is 0 Å². The lowest BCUT2D eigenvalue weighted by Crippen LogP contribution is -2.29. The number of aryl methyl sites for hydroxylation is 1. The van der Waals surface area contributed by atoms with Crippen molar-refractivity contribution in [1.29, 1.82) is 0 Å². The van der Waals surface area contributed by atoms with Crippen molar-refractivity contribution < 1.29 is 23.8 Å². The quantitative estimate of drug-likeness (QED) is 0.346. The second-order valence-corrected chi connectivity index (χ2v) is 8.18. The van der Waals surface area contributed by atoms with E-state index in [2.05, 4.69) is 0 Å². The number of methoxy groups -OCH3 is 1. The molecule has 0 spiro atoms. The van der Waals surface area contributed by atoms with E-state index in [1.165, 1.54) is 11.2 Å². The summed E-state index contributed by atoms with van der Waals surface area (Å²) in [7, 11) is 5.44. The lowest BCUT2D eigenvalue weighted by Gasteiger charge is -2.25. The van der Waals surface area contributed by atoms with Gasteiger partial charge in [0.05, 0.1) is 31.5 Å². The first-order chi connectivity index (χ1) is 15.8. The summed E-state index contributed by atoms with van der Waals surface area (Å²) < 4.78 is 10.7. The highest BCUT2D eigenvalue weighted by atomic mass is 16.5. The van der Waals surface area contributed by atoms with E-state index in [0.29, 0.717) is 17.1 Å². The Hall–Kier alpha value is -4.00. The third-order valence-corrected chi connectivity index (χ3v) is 5.84. The molecule has 1 fully saturated rings. The maximum atomic E-state index is 13.2. The number of anilines is 1. The first kappa shape index (κ1) is 22.2. The van der Waals surface area contributed by atoms with Crippen molar-refractivity contribution in [2.24, 2.45) is 0 Å².